The van der Waals surface area contributed by atoms with Gasteiger partial charge in [0, 0.05) is 65.2 Å². The second-order valence-electron chi connectivity index (χ2n) is 16.4. The van der Waals surface area contributed by atoms with Gasteiger partial charge < -0.3 is 13.3 Å². The number of para-hydroxylation sites is 6. The minimum absolute atomic E-state index is 0.488. The number of hydrogen-bond acceptors (Lipinski definition) is 7. The third-order valence-electron chi connectivity index (χ3n) is 12.7. The molecular weight excluding hydrogens is 801 g/mol. The van der Waals surface area contributed by atoms with E-state index in [2.05, 4.69) is 103 Å². The van der Waals surface area contributed by atoms with Crippen LogP contribution in [0.25, 0.3) is 144 Å². The van der Waals surface area contributed by atoms with Crippen molar-refractivity contribution in [3.63, 3.8) is 0 Å². The quantitative estimate of drug-likeness (QED) is 0.160. The molecular formula is C58H32N4O3. The van der Waals surface area contributed by atoms with Crippen molar-refractivity contribution in [1.29, 1.82) is 0 Å². The molecule has 65 heavy (non-hydrogen) atoms. The van der Waals surface area contributed by atoms with Crippen molar-refractivity contribution in [2.45, 2.75) is 0 Å². The molecule has 302 valence electrons. The first-order valence-electron chi connectivity index (χ1n) is 21.6. The maximum absolute atomic E-state index is 6.66. The summed E-state index contributed by atoms with van der Waals surface area (Å²) in [6.07, 6.45) is 0. The van der Waals surface area contributed by atoms with Crippen LogP contribution < -0.4 is 0 Å². The monoisotopic (exact) mass is 832 g/mol. The van der Waals surface area contributed by atoms with E-state index in [4.69, 9.17) is 33.2 Å². The number of benzene rings is 9. The van der Waals surface area contributed by atoms with E-state index in [1.165, 1.54) is 0 Å². The van der Waals surface area contributed by atoms with E-state index in [9.17, 15) is 0 Å². The number of hydrogen-bond donors (Lipinski definition) is 0. The molecule has 5 heterocycles. The van der Waals surface area contributed by atoms with Crippen LogP contribution in [0.1, 0.15) is 0 Å². The molecule has 0 aliphatic rings. The second kappa shape index (κ2) is 13.8. The molecule has 0 amide bonds. The predicted molar refractivity (Wildman–Crippen MR) is 262 cm³/mol. The molecule has 0 saturated heterocycles. The first kappa shape index (κ1) is 35.6. The summed E-state index contributed by atoms with van der Waals surface area (Å²) in [7, 11) is 0. The zero-order chi connectivity index (χ0) is 42.6. The van der Waals surface area contributed by atoms with Gasteiger partial charge in [0.05, 0.1) is 22.3 Å². The second-order valence-corrected chi connectivity index (χ2v) is 16.4. The van der Waals surface area contributed by atoms with Crippen LogP contribution in [0, 0.1) is 0 Å². The fourth-order valence-electron chi connectivity index (χ4n) is 9.83. The first-order chi connectivity index (χ1) is 32.2. The van der Waals surface area contributed by atoms with E-state index in [0.29, 0.717) is 28.6 Å². The van der Waals surface area contributed by atoms with Gasteiger partial charge in [-0.15, -0.1) is 0 Å². The standard InChI is InChI=1S/C58H32N4O3/c1-2-15-33(16-3-1)50-51-40-21-4-8-27-45(40)59-53(44(51)32-49-52(50)41-22-7-11-30-48(41)63-49)34-17-12-18-35(31-34)56-60-57(42-25-13-23-38-36-19-5-9-28-46(36)64-54(38)42)62-58(61-56)43-26-14-24-39-37-20-6-10-29-47(37)65-55(39)43/h1-32H. The lowest BCUT2D eigenvalue weighted by Crippen LogP contribution is -2.01. The van der Waals surface area contributed by atoms with Crippen molar-refractivity contribution < 1.29 is 13.3 Å². The normalized spacial score (nSPS) is 12.0. The Balaban J connectivity index is 1.03. The summed E-state index contributed by atoms with van der Waals surface area (Å²) >= 11 is 0. The summed E-state index contributed by atoms with van der Waals surface area (Å²) in [4.78, 5) is 21.2. The highest BCUT2D eigenvalue weighted by molar-refractivity contribution is 6.28. The Morgan fingerprint density at radius 1 is 0.292 bits per heavy atom. The molecule has 0 saturated carbocycles. The van der Waals surface area contributed by atoms with E-state index in [1.54, 1.807) is 0 Å². The molecule has 0 aliphatic heterocycles. The third-order valence-corrected chi connectivity index (χ3v) is 12.7. The van der Waals surface area contributed by atoms with Crippen molar-refractivity contribution >= 4 is 87.5 Å². The van der Waals surface area contributed by atoms with Crippen LogP contribution in [0.4, 0.5) is 0 Å². The zero-order valence-electron chi connectivity index (χ0n) is 34.5. The Hall–Kier alpha value is -8.94. The number of pyridine rings is 1. The summed E-state index contributed by atoms with van der Waals surface area (Å²) in [5.74, 6) is 1.48. The largest absolute Gasteiger partial charge is 0.456 e. The summed E-state index contributed by atoms with van der Waals surface area (Å²) in [5.41, 5.74) is 11.9. The molecule has 0 unspecified atom stereocenters. The number of furan rings is 3. The Morgan fingerprint density at radius 2 is 0.800 bits per heavy atom. The highest BCUT2D eigenvalue weighted by Gasteiger charge is 2.24. The van der Waals surface area contributed by atoms with Crippen LogP contribution in [0.3, 0.4) is 0 Å². The summed E-state index contributed by atoms with van der Waals surface area (Å²) in [6.45, 7) is 0. The molecule has 14 rings (SSSR count). The third kappa shape index (κ3) is 5.42. The number of nitrogens with zero attached hydrogens (tertiary/aromatic N) is 4. The average molecular weight is 833 g/mol. The molecule has 9 aromatic carbocycles. The van der Waals surface area contributed by atoms with Gasteiger partial charge in [0.2, 0.25) is 0 Å². The lowest BCUT2D eigenvalue weighted by molar-refractivity contribution is 0.669. The van der Waals surface area contributed by atoms with Gasteiger partial charge in [-0.25, -0.2) is 19.9 Å². The van der Waals surface area contributed by atoms with E-state index in [1.807, 2.05) is 91.0 Å². The Bertz CT molecular complexity index is 4130. The lowest BCUT2D eigenvalue weighted by Gasteiger charge is -2.16. The van der Waals surface area contributed by atoms with Gasteiger partial charge in [0.1, 0.15) is 33.5 Å². The Morgan fingerprint density at radius 3 is 1.48 bits per heavy atom. The molecule has 0 spiro atoms. The highest BCUT2D eigenvalue weighted by atomic mass is 16.3. The zero-order valence-corrected chi connectivity index (χ0v) is 34.5. The van der Waals surface area contributed by atoms with Crippen LogP contribution in [-0.4, -0.2) is 19.9 Å². The van der Waals surface area contributed by atoms with Gasteiger partial charge in [0.15, 0.2) is 17.5 Å². The minimum atomic E-state index is 0.488. The smallest absolute Gasteiger partial charge is 0.167 e. The van der Waals surface area contributed by atoms with Gasteiger partial charge in [0.25, 0.3) is 0 Å². The highest BCUT2D eigenvalue weighted by Crippen LogP contribution is 2.47. The molecule has 0 aliphatic carbocycles. The maximum Gasteiger partial charge on any atom is 0.167 e. The van der Waals surface area contributed by atoms with Gasteiger partial charge in [-0.2, -0.15) is 0 Å². The lowest BCUT2D eigenvalue weighted by atomic mass is 9.89. The van der Waals surface area contributed by atoms with E-state index in [-0.39, 0.29) is 0 Å². The van der Waals surface area contributed by atoms with Crippen molar-refractivity contribution in [2.24, 2.45) is 0 Å². The van der Waals surface area contributed by atoms with Gasteiger partial charge in [-0.1, -0.05) is 146 Å². The van der Waals surface area contributed by atoms with Gasteiger partial charge in [-0.3, -0.25) is 0 Å². The number of aromatic nitrogens is 4. The molecule has 0 N–H and O–H groups in total. The van der Waals surface area contributed by atoms with E-state index in [0.717, 1.165) is 115 Å². The topological polar surface area (TPSA) is 91.0 Å². The minimum Gasteiger partial charge on any atom is -0.456 e. The summed E-state index contributed by atoms with van der Waals surface area (Å²) < 4.78 is 19.8. The van der Waals surface area contributed by atoms with Crippen LogP contribution in [0.5, 0.6) is 0 Å². The predicted octanol–water partition coefficient (Wildman–Crippen LogP) is 15.6. The summed E-state index contributed by atoms with van der Waals surface area (Å²) in [5, 5.41) is 9.37. The van der Waals surface area contributed by atoms with Crippen molar-refractivity contribution in [2.75, 3.05) is 0 Å². The number of fused-ring (bicyclic) bond motifs is 12. The van der Waals surface area contributed by atoms with Crippen molar-refractivity contribution in [1.82, 2.24) is 19.9 Å². The molecule has 7 heteroatoms. The molecule has 0 bridgehead atoms. The Kier molecular flexibility index (Phi) is 7.55. The number of rotatable bonds is 5. The van der Waals surface area contributed by atoms with Gasteiger partial charge >= 0.3 is 0 Å². The molecule has 5 aromatic heterocycles. The fourth-order valence-corrected chi connectivity index (χ4v) is 9.83. The molecule has 7 nitrogen and oxygen atoms in total. The Labute approximate surface area is 369 Å². The maximum atomic E-state index is 6.66. The molecule has 0 radical (unpaired) electrons. The van der Waals surface area contributed by atoms with Gasteiger partial charge in [-0.05, 0) is 54.1 Å². The first-order valence-corrected chi connectivity index (χ1v) is 21.6. The molecule has 0 atom stereocenters. The molecule has 0 fully saturated rings. The summed E-state index contributed by atoms with van der Waals surface area (Å²) in [6, 6.07) is 66.2. The SMILES string of the molecule is c1ccc(-c2c3c(cc4c(-c5cccc(-c6nc(-c7cccc8c7oc7ccccc78)nc(-c7cccc8c7oc7ccccc78)n6)c5)nc5ccccc5c24)oc2ccccc23)cc1. The van der Waals surface area contributed by atoms with Crippen LogP contribution in [-0.2, 0) is 0 Å². The van der Waals surface area contributed by atoms with Crippen LogP contribution in [0.15, 0.2) is 207 Å². The van der Waals surface area contributed by atoms with E-state index < -0.39 is 0 Å². The van der Waals surface area contributed by atoms with Crippen LogP contribution in [0.2, 0.25) is 0 Å². The fraction of sp³-hybridized carbons (Fsp3) is 0. The van der Waals surface area contributed by atoms with Crippen molar-refractivity contribution in [3.8, 4) is 56.5 Å². The van der Waals surface area contributed by atoms with Crippen LogP contribution >= 0.6 is 0 Å². The average Bonchev–Trinajstić information content (AvgIpc) is 4.07. The van der Waals surface area contributed by atoms with Crippen molar-refractivity contribution in [3.05, 3.63) is 194 Å². The molecule has 14 aromatic rings. The van der Waals surface area contributed by atoms with E-state index >= 15 is 0 Å².